The molecule has 1 aromatic carbocycles. The number of hydrogen-bond donors (Lipinski definition) is 4. The number of alkyl carbamates (subject to hydrolysis) is 1. The van der Waals surface area contributed by atoms with Crippen LogP contribution in [-0.4, -0.2) is 50.1 Å². The molecule has 2 amide bonds. The zero-order chi connectivity index (χ0) is 30.9. The maximum Gasteiger partial charge on any atom is 0.407 e. The van der Waals surface area contributed by atoms with Crippen LogP contribution in [0.1, 0.15) is 61.6 Å². The van der Waals surface area contributed by atoms with Gasteiger partial charge in [0.1, 0.15) is 17.1 Å². The molecule has 0 saturated heterocycles. The minimum Gasteiger partial charge on any atom is -0.444 e. The molecular formula is C31H35ClN8O3. The van der Waals surface area contributed by atoms with Crippen LogP contribution in [0.4, 0.5) is 16.2 Å². The van der Waals surface area contributed by atoms with E-state index in [1.54, 1.807) is 35.1 Å². The summed E-state index contributed by atoms with van der Waals surface area (Å²) >= 11 is 6.36. The first-order valence-corrected chi connectivity index (χ1v) is 14.4. The highest BCUT2D eigenvalue weighted by molar-refractivity contribution is 6.33. The summed E-state index contributed by atoms with van der Waals surface area (Å²) < 4.78 is 7.21. The number of hydrogen-bond acceptors (Lipinski definition) is 7. The van der Waals surface area contributed by atoms with Gasteiger partial charge in [-0.25, -0.2) is 14.3 Å². The molecule has 2 atom stereocenters. The number of para-hydroxylation sites is 1. The average Bonchev–Trinajstić information content (AvgIpc) is 3.55. The summed E-state index contributed by atoms with van der Waals surface area (Å²) in [6.45, 7) is 7.41. The Morgan fingerprint density at radius 1 is 1.12 bits per heavy atom. The number of ether oxygens (including phenoxy) is 1. The number of fused-ring (bicyclic) bond motifs is 1. The van der Waals surface area contributed by atoms with E-state index in [4.69, 9.17) is 27.8 Å². The third-order valence-corrected chi connectivity index (χ3v) is 7.50. The first kappa shape index (κ1) is 29.8. The molecule has 0 radical (unpaired) electrons. The molecular weight excluding hydrogens is 568 g/mol. The van der Waals surface area contributed by atoms with Gasteiger partial charge >= 0.3 is 6.09 Å². The second kappa shape index (κ2) is 11.9. The molecule has 5 rings (SSSR count). The normalized spacial score (nSPS) is 17.2. The molecule has 3 aromatic heterocycles. The quantitative estimate of drug-likeness (QED) is 0.164. The number of aliphatic imine (C=N–C) groups is 1. The van der Waals surface area contributed by atoms with Gasteiger partial charge in [0.25, 0.3) is 5.91 Å². The Morgan fingerprint density at radius 2 is 1.86 bits per heavy atom. The van der Waals surface area contributed by atoms with Crippen molar-refractivity contribution in [3.8, 4) is 11.1 Å². The standard InChI is InChI=1S/C31H35ClN8O3/c1-17-11-25(29(34)41)35-14-21(17)18-12-26-27(37-19-9-10-20(13-19)38-30(42)43-31(2,3)4)22(15-36-40(26)16-18)28(33)39-24-8-6-5-7-23(24)32/h5-8,11-12,14-16,19-20,37H,9-10,13H2,1-4H3,(H2,33,39)(H2,34,41)(H,38,42)/t19-,20?/m1/s1. The Kier molecular flexibility index (Phi) is 8.27. The van der Waals surface area contributed by atoms with E-state index < -0.39 is 17.6 Å². The van der Waals surface area contributed by atoms with Crippen molar-refractivity contribution >= 4 is 46.3 Å². The second-order valence-corrected chi connectivity index (χ2v) is 12.1. The minimum absolute atomic E-state index is 0.0367. The minimum atomic E-state index is -0.584. The molecule has 1 aliphatic carbocycles. The lowest BCUT2D eigenvalue weighted by Gasteiger charge is -2.22. The third-order valence-electron chi connectivity index (χ3n) is 7.18. The van der Waals surface area contributed by atoms with Crippen LogP contribution in [-0.2, 0) is 4.74 Å². The van der Waals surface area contributed by atoms with Crippen molar-refractivity contribution < 1.29 is 14.3 Å². The Bertz CT molecular complexity index is 1730. The number of amidine groups is 1. The second-order valence-electron chi connectivity index (χ2n) is 11.7. The Morgan fingerprint density at radius 3 is 2.56 bits per heavy atom. The molecule has 1 saturated carbocycles. The van der Waals surface area contributed by atoms with E-state index >= 15 is 0 Å². The van der Waals surface area contributed by atoms with Gasteiger partial charge in [-0.1, -0.05) is 23.7 Å². The Balaban J connectivity index is 1.51. The number of halogens is 1. The van der Waals surface area contributed by atoms with Crippen LogP contribution in [0.5, 0.6) is 0 Å². The van der Waals surface area contributed by atoms with Gasteiger partial charge in [-0.2, -0.15) is 5.10 Å². The highest BCUT2D eigenvalue weighted by Crippen LogP contribution is 2.33. The Labute approximate surface area is 254 Å². The van der Waals surface area contributed by atoms with Crippen LogP contribution in [0, 0.1) is 6.92 Å². The van der Waals surface area contributed by atoms with E-state index in [9.17, 15) is 9.59 Å². The summed E-state index contributed by atoms with van der Waals surface area (Å²) in [7, 11) is 0. The molecule has 43 heavy (non-hydrogen) atoms. The fraction of sp³-hybridized carbons (Fsp3) is 0.323. The summed E-state index contributed by atoms with van der Waals surface area (Å²) in [5, 5.41) is 11.8. The molecule has 1 unspecified atom stereocenters. The van der Waals surface area contributed by atoms with Gasteiger partial charge in [0.15, 0.2) is 0 Å². The summed E-state index contributed by atoms with van der Waals surface area (Å²) in [5.41, 5.74) is 16.8. The highest BCUT2D eigenvalue weighted by atomic mass is 35.5. The van der Waals surface area contributed by atoms with Gasteiger partial charge < -0.3 is 26.8 Å². The predicted molar refractivity (Wildman–Crippen MR) is 168 cm³/mol. The van der Waals surface area contributed by atoms with Crippen molar-refractivity contribution in [3.05, 3.63) is 76.8 Å². The largest absolute Gasteiger partial charge is 0.444 e. The van der Waals surface area contributed by atoms with E-state index in [0.717, 1.165) is 40.7 Å². The molecule has 0 aliphatic heterocycles. The number of primary amides is 1. The SMILES string of the molecule is Cc1cc(C(N)=O)ncc1-c1cc2c(N[C@@H]3CCC(NC(=O)OC(C)(C)C)C3)c(C(N)=Nc3ccccc3Cl)cnn2c1. The van der Waals surface area contributed by atoms with E-state index in [-0.39, 0.29) is 23.6 Å². The first-order chi connectivity index (χ1) is 20.4. The molecule has 0 bridgehead atoms. The number of amides is 2. The number of aryl methyl sites for hydroxylation is 1. The predicted octanol–water partition coefficient (Wildman–Crippen LogP) is 5.35. The first-order valence-electron chi connectivity index (χ1n) is 14.0. The zero-order valence-electron chi connectivity index (χ0n) is 24.5. The number of carbonyl (C=O) groups is 2. The van der Waals surface area contributed by atoms with Gasteiger partial charge in [-0.3, -0.25) is 9.78 Å². The molecule has 11 nitrogen and oxygen atoms in total. The fourth-order valence-electron chi connectivity index (χ4n) is 5.20. The topological polar surface area (TPSA) is 162 Å². The number of nitrogens with two attached hydrogens (primary N) is 2. The number of benzene rings is 1. The van der Waals surface area contributed by atoms with Gasteiger partial charge in [0.05, 0.1) is 33.7 Å². The highest BCUT2D eigenvalue weighted by Gasteiger charge is 2.29. The van der Waals surface area contributed by atoms with E-state index in [0.29, 0.717) is 22.7 Å². The smallest absolute Gasteiger partial charge is 0.407 e. The zero-order valence-corrected chi connectivity index (χ0v) is 25.3. The van der Waals surface area contributed by atoms with Crippen molar-refractivity contribution in [2.45, 2.75) is 64.6 Å². The lowest BCUT2D eigenvalue weighted by atomic mass is 10.0. The number of carbonyl (C=O) groups excluding carboxylic acids is 2. The van der Waals surface area contributed by atoms with E-state index in [2.05, 4.69) is 25.7 Å². The maximum atomic E-state index is 12.4. The molecule has 6 N–H and O–H groups in total. The molecule has 12 heteroatoms. The molecule has 1 aliphatic rings. The van der Waals surface area contributed by atoms with Crippen LogP contribution in [0.2, 0.25) is 5.02 Å². The van der Waals surface area contributed by atoms with Crippen LogP contribution >= 0.6 is 11.6 Å². The van der Waals surface area contributed by atoms with Gasteiger partial charge in [-0.15, -0.1) is 0 Å². The molecule has 3 heterocycles. The summed E-state index contributed by atoms with van der Waals surface area (Å²) in [6.07, 6.45) is 7.07. The molecule has 1 fully saturated rings. The lowest BCUT2D eigenvalue weighted by Crippen LogP contribution is -2.38. The van der Waals surface area contributed by atoms with Crippen LogP contribution in [0.25, 0.3) is 16.6 Å². The van der Waals surface area contributed by atoms with Crippen LogP contribution in [0.3, 0.4) is 0 Å². The van der Waals surface area contributed by atoms with E-state index in [1.165, 1.54) is 0 Å². The number of anilines is 1. The van der Waals surface area contributed by atoms with Gasteiger partial charge in [-0.05, 0) is 76.8 Å². The Hall–Kier alpha value is -4.64. The number of nitrogens with zero attached hydrogens (tertiary/aromatic N) is 4. The molecule has 0 spiro atoms. The molecule has 4 aromatic rings. The fourth-order valence-corrected chi connectivity index (χ4v) is 5.38. The monoisotopic (exact) mass is 602 g/mol. The number of rotatable bonds is 7. The van der Waals surface area contributed by atoms with Gasteiger partial charge in [0, 0.05) is 35.6 Å². The summed E-state index contributed by atoms with van der Waals surface area (Å²) in [4.78, 5) is 32.8. The van der Waals surface area contributed by atoms with E-state index in [1.807, 2.05) is 52.1 Å². The lowest BCUT2D eigenvalue weighted by molar-refractivity contribution is 0.0505. The van der Waals surface area contributed by atoms with Crippen molar-refractivity contribution in [3.63, 3.8) is 0 Å². The number of nitrogens with one attached hydrogen (secondary N) is 2. The van der Waals surface area contributed by atoms with Gasteiger partial charge in [0.2, 0.25) is 0 Å². The van der Waals surface area contributed by atoms with Crippen molar-refractivity contribution in [1.29, 1.82) is 0 Å². The van der Waals surface area contributed by atoms with Crippen LogP contribution in [0.15, 0.2) is 60.0 Å². The number of aromatic nitrogens is 3. The van der Waals surface area contributed by atoms with Crippen LogP contribution < -0.4 is 22.1 Å². The summed E-state index contributed by atoms with van der Waals surface area (Å²) in [5.74, 6) is -0.336. The van der Waals surface area contributed by atoms with Crippen molar-refractivity contribution in [2.24, 2.45) is 16.5 Å². The van der Waals surface area contributed by atoms with Crippen molar-refractivity contribution in [1.82, 2.24) is 19.9 Å². The summed E-state index contributed by atoms with van der Waals surface area (Å²) in [6, 6.07) is 10.9. The van der Waals surface area contributed by atoms with Crippen molar-refractivity contribution in [2.75, 3.05) is 5.32 Å². The third kappa shape index (κ3) is 6.89. The number of pyridine rings is 1. The average molecular weight is 603 g/mol. The molecule has 224 valence electrons. The maximum absolute atomic E-state index is 12.4.